The monoisotopic (exact) mass is 278 g/mol. The Bertz CT molecular complexity index is 623. The third-order valence-corrected chi connectivity index (χ3v) is 2.71. The number of hydrogen-bond donors (Lipinski definition) is 1. The van der Waals surface area contributed by atoms with Gasteiger partial charge in [-0.25, -0.2) is 9.18 Å². The van der Waals surface area contributed by atoms with Gasteiger partial charge >= 0.3 is 5.97 Å². The molecule has 0 fully saturated rings. The third kappa shape index (κ3) is 2.96. The van der Waals surface area contributed by atoms with Gasteiger partial charge in [-0.15, -0.1) is 0 Å². The molecule has 1 heterocycles. The highest BCUT2D eigenvalue weighted by atomic mass is 19.1. The van der Waals surface area contributed by atoms with Crippen LogP contribution in [0.5, 0.6) is 5.75 Å². The second-order valence-electron chi connectivity index (χ2n) is 4.58. The zero-order chi connectivity index (χ0) is 14.7. The number of aromatic carboxylic acids is 1. The third-order valence-electron chi connectivity index (χ3n) is 2.71. The Labute approximate surface area is 115 Å². The molecule has 0 atom stereocenters. The first kappa shape index (κ1) is 14.0. The molecule has 0 aliphatic carbocycles. The van der Waals surface area contributed by atoms with E-state index in [1.807, 2.05) is 13.8 Å². The van der Waals surface area contributed by atoms with Crippen molar-refractivity contribution < 1.29 is 19.0 Å². The molecule has 1 aromatic heterocycles. The summed E-state index contributed by atoms with van der Waals surface area (Å²) >= 11 is 0. The molecule has 0 aliphatic rings. The summed E-state index contributed by atoms with van der Waals surface area (Å²) < 4.78 is 20.1. The van der Waals surface area contributed by atoms with E-state index in [1.165, 1.54) is 22.9 Å². The van der Waals surface area contributed by atoms with E-state index >= 15 is 0 Å². The maximum Gasteiger partial charge on any atom is 0.354 e. The van der Waals surface area contributed by atoms with Crippen LogP contribution in [0.4, 0.5) is 4.39 Å². The maximum atomic E-state index is 13.4. The Kier molecular flexibility index (Phi) is 4.02. The molecule has 0 radical (unpaired) electrons. The van der Waals surface area contributed by atoms with Crippen LogP contribution in [0.2, 0.25) is 0 Å². The Hall–Kier alpha value is -2.37. The van der Waals surface area contributed by atoms with Crippen molar-refractivity contribution in [1.29, 1.82) is 0 Å². The summed E-state index contributed by atoms with van der Waals surface area (Å²) in [6, 6.07) is 7.38. The summed E-state index contributed by atoms with van der Waals surface area (Å²) in [6.07, 6.45) is 0. The van der Waals surface area contributed by atoms with Gasteiger partial charge in [0, 0.05) is 6.04 Å². The van der Waals surface area contributed by atoms with E-state index < -0.39 is 11.8 Å². The van der Waals surface area contributed by atoms with Crippen molar-refractivity contribution in [3.8, 4) is 5.75 Å². The summed E-state index contributed by atoms with van der Waals surface area (Å²) in [5.41, 5.74) is 0.534. The van der Waals surface area contributed by atoms with E-state index in [1.54, 1.807) is 12.1 Å². The molecule has 106 valence electrons. The Morgan fingerprint density at radius 2 is 2.15 bits per heavy atom. The fraction of sp³-hybridized carbons (Fsp3) is 0.286. The lowest BCUT2D eigenvalue weighted by Gasteiger charge is -2.07. The summed E-state index contributed by atoms with van der Waals surface area (Å²) in [5, 5.41) is 13.3. The Balaban J connectivity index is 2.16. The smallest absolute Gasteiger partial charge is 0.354 e. The van der Waals surface area contributed by atoms with Crippen molar-refractivity contribution in [3.05, 3.63) is 47.5 Å². The molecule has 5 nitrogen and oxygen atoms in total. The number of nitrogens with zero attached hydrogens (tertiary/aromatic N) is 2. The van der Waals surface area contributed by atoms with E-state index in [9.17, 15) is 9.18 Å². The van der Waals surface area contributed by atoms with Crippen molar-refractivity contribution in [2.45, 2.75) is 26.5 Å². The van der Waals surface area contributed by atoms with Crippen molar-refractivity contribution >= 4 is 5.97 Å². The van der Waals surface area contributed by atoms with Gasteiger partial charge in [0.2, 0.25) is 0 Å². The fourth-order valence-electron chi connectivity index (χ4n) is 1.78. The Morgan fingerprint density at radius 1 is 1.45 bits per heavy atom. The molecule has 0 unspecified atom stereocenters. The first-order chi connectivity index (χ1) is 9.49. The molecular weight excluding hydrogens is 263 g/mol. The SMILES string of the molecule is CC(C)n1nc(COc2ccccc2F)cc1C(=O)O. The zero-order valence-electron chi connectivity index (χ0n) is 11.2. The quantitative estimate of drug-likeness (QED) is 0.913. The van der Waals surface area contributed by atoms with Gasteiger partial charge < -0.3 is 9.84 Å². The lowest BCUT2D eigenvalue weighted by atomic mass is 10.3. The zero-order valence-corrected chi connectivity index (χ0v) is 11.2. The van der Waals surface area contributed by atoms with Crippen molar-refractivity contribution in [2.24, 2.45) is 0 Å². The predicted molar refractivity (Wildman–Crippen MR) is 70.3 cm³/mol. The lowest BCUT2D eigenvalue weighted by molar-refractivity contribution is 0.0681. The molecule has 6 heteroatoms. The molecule has 0 saturated heterocycles. The number of carboxylic acid groups (broad SMARTS) is 1. The highest BCUT2D eigenvalue weighted by molar-refractivity contribution is 5.85. The van der Waals surface area contributed by atoms with Gasteiger partial charge in [0.25, 0.3) is 0 Å². The van der Waals surface area contributed by atoms with Crippen LogP contribution in [0.15, 0.2) is 30.3 Å². The molecule has 0 bridgehead atoms. The normalized spacial score (nSPS) is 10.8. The second kappa shape index (κ2) is 5.73. The minimum atomic E-state index is -1.05. The van der Waals surface area contributed by atoms with Crippen LogP contribution in [-0.2, 0) is 6.61 Å². The molecule has 20 heavy (non-hydrogen) atoms. The van der Waals surface area contributed by atoms with E-state index in [0.717, 1.165) is 0 Å². The number of benzene rings is 1. The van der Waals surface area contributed by atoms with Crippen LogP contribution in [-0.4, -0.2) is 20.9 Å². The van der Waals surface area contributed by atoms with E-state index in [4.69, 9.17) is 9.84 Å². The van der Waals surface area contributed by atoms with Crippen molar-refractivity contribution in [1.82, 2.24) is 9.78 Å². The molecule has 2 rings (SSSR count). The van der Waals surface area contributed by atoms with Gasteiger partial charge in [-0.1, -0.05) is 12.1 Å². The topological polar surface area (TPSA) is 64.4 Å². The molecule has 1 aromatic carbocycles. The number of carbonyl (C=O) groups is 1. The molecule has 0 amide bonds. The highest BCUT2D eigenvalue weighted by Crippen LogP contribution is 2.18. The van der Waals surface area contributed by atoms with Crippen molar-refractivity contribution in [3.63, 3.8) is 0 Å². The standard InChI is InChI=1S/C14H15FN2O3/c1-9(2)17-12(14(18)19)7-10(16-17)8-20-13-6-4-3-5-11(13)15/h3-7,9H,8H2,1-2H3,(H,18,19). The van der Waals surface area contributed by atoms with Crippen molar-refractivity contribution in [2.75, 3.05) is 0 Å². The average molecular weight is 278 g/mol. The van der Waals surface area contributed by atoms with Gasteiger partial charge in [-0.2, -0.15) is 5.10 Å². The van der Waals surface area contributed by atoms with Gasteiger partial charge in [0.15, 0.2) is 11.6 Å². The molecule has 1 N–H and O–H groups in total. The first-order valence-electron chi connectivity index (χ1n) is 6.18. The summed E-state index contributed by atoms with van der Waals surface area (Å²) in [7, 11) is 0. The van der Waals surface area contributed by atoms with Crippen LogP contribution in [0.25, 0.3) is 0 Å². The number of halogens is 1. The molecular formula is C14H15FN2O3. The van der Waals surface area contributed by atoms with Crippen LogP contribution < -0.4 is 4.74 Å². The van der Waals surface area contributed by atoms with Crippen LogP contribution >= 0.6 is 0 Å². The van der Waals surface area contributed by atoms with Crippen LogP contribution in [0, 0.1) is 5.82 Å². The second-order valence-corrected chi connectivity index (χ2v) is 4.58. The largest absolute Gasteiger partial charge is 0.484 e. The van der Waals surface area contributed by atoms with Crippen LogP contribution in [0.1, 0.15) is 36.1 Å². The minimum absolute atomic E-state index is 0.0148. The lowest BCUT2D eigenvalue weighted by Crippen LogP contribution is -2.12. The summed E-state index contributed by atoms with van der Waals surface area (Å²) in [6.45, 7) is 3.68. The summed E-state index contributed by atoms with van der Waals surface area (Å²) in [5.74, 6) is -1.40. The number of para-hydroxylation sites is 1. The number of aromatic nitrogens is 2. The number of ether oxygens (including phenoxy) is 1. The fourth-order valence-corrected chi connectivity index (χ4v) is 1.78. The van der Waals surface area contributed by atoms with E-state index in [-0.39, 0.29) is 24.1 Å². The minimum Gasteiger partial charge on any atom is -0.484 e. The molecule has 0 aliphatic heterocycles. The first-order valence-corrected chi connectivity index (χ1v) is 6.18. The number of carboxylic acids is 1. The van der Waals surface area contributed by atoms with E-state index in [2.05, 4.69) is 5.10 Å². The number of hydrogen-bond acceptors (Lipinski definition) is 3. The van der Waals surface area contributed by atoms with Crippen LogP contribution in [0.3, 0.4) is 0 Å². The maximum absolute atomic E-state index is 13.4. The predicted octanol–water partition coefficient (Wildman–Crippen LogP) is 2.88. The highest BCUT2D eigenvalue weighted by Gasteiger charge is 2.16. The summed E-state index contributed by atoms with van der Waals surface area (Å²) in [4.78, 5) is 11.1. The molecule has 0 saturated carbocycles. The van der Waals surface area contributed by atoms with Gasteiger partial charge in [0.1, 0.15) is 18.0 Å². The molecule has 2 aromatic rings. The Morgan fingerprint density at radius 3 is 2.70 bits per heavy atom. The average Bonchev–Trinajstić information content (AvgIpc) is 2.82. The number of rotatable bonds is 5. The van der Waals surface area contributed by atoms with Gasteiger partial charge in [0.05, 0.1) is 0 Å². The van der Waals surface area contributed by atoms with E-state index in [0.29, 0.717) is 5.69 Å². The van der Waals surface area contributed by atoms with Gasteiger partial charge in [-0.05, 0) is 32.0 Å². The molecule has 0 spiro atoms. The van der Waals surface area contributed by atoms with Gasteiger partial charge in [-0.3, -0.25) is 4.68 Å².